The molecule has 25 heavy (non-hydrogen) atoms. The lowest BCUT2D eigenvalue weighted by atomic mass is 10.2. The van der Waals surface area contributed by atoms with E-state index in [0.717, 1.165) is 5.56 Å². The second-order valence-corrected chi connectivity index (χ2v) is 5.53. The lowest BCUT2D eigenvalue weighted by molar-refractivity contribution is -0.684. The van der Waals surface area contributed by atoms with E-state index < -0.39 is 4.92 Å². The average Bonchev–Trinajstić information content (AvgIpc) is 2.58. The number of pyridine rings is 1. The number of amides is 1. The number of hydrogen-bond donors (Lipinski definition) is 1. The van der Waals surface area contributed by atoms with Gasteiger partial charge in [-0.3, -0.25) is 14.9 Å². The summed E-state index contributed by atoms with van der Waals surface area (Å²) >= 11 is 0. The minimum absolute atomic E-state index is 0.0280. The smallest absolute Gasteiger partial charge is 0.266 e. The van der Waals surface area contributed by atoms with Gasteiger partial charge in [-0.25, -0.2) is 5.43 Å². The van der Waals surface area contributed by atoms with E-state index in [1.807, 2.05) is 31.5 Å². The fourth-order valence-corrected chi connectivity index (χ4v) is 2.10. The first-order chi connectivity index (χ1) is 11.9. The molecule has 1 heterocycles. The normalized spacial score (nSPS) is 11.5. The average molecular weight is 339 g/mol. The maximum atomic E-state index is 11.9. The number of hydrazone groups is 1. The number of non-ortho nitro benzene ring substituents is 1. The van der Waals surface area contributed by atoms with E-state index in [0.29, 0.717) is 11.3 Å². The van der Waals surface area contributed by atoms with E-state index in [-0.39, 0.29) is 18.1 Å². The first-order valence-electron chi connectivity index (χ1n) is 7.65. The van der Waals surface area contributed by atoms with Crippen LogP contribution in [0, 0.1) is 17.0 Å². The molecule has 7 nitrogen and oxygen atoms in total. The monoisotopic (exact) mass is 339 g/mol. The van der Waals surface area contributed by atoms with Gasteiger partial charge in [0.25, 0.3) is 5.69 Å². The van der Waals surface area contributed by atoms with E-state index in [4.69, 9.17) is 0 Å². The van der Waals surface area contributed by atoms with Crippen LogP contribution in [-0.4, -0.2) is 16.5 Å². The SMILES string of the molecule is CC(/C=C/c1cccc([N+](=O)[O-])c1)=N\NC(=O)C[n+]1cccc(C)c1. The Kier molecular flexibility index (Phi) is 6.11. The van der Waals surface area contributed by atoms with Gasteiger partial charge in [0.15, 0.2) is 12.4 Å². The molecule has 0 spiro atoms. The molecule has 1 amide bonds. The van der Waals surface area contributed by atoms with Gasteiger partial charge >= 0.3 is 5.91 Å². The van der Waals surface area contributed by atoms with Crippen LogP contribution in [0.4, 0.5) is 5.69 Å². The van der Waals surface area contributed by atoms with Crippen molar-refractivity contribution in [2.45, 2.75) is 20.4 Å². The molecule has 1 N–H and O–H groups in total. The van der Waals surface area contributed by atoms with Gasteiger partial charge in [0, 0.05) is 23.8 Å². The van der Waals surface area contributed by atoms with Crippen molar-refractivity contribution in [3.8, 4) is 0 Å². The second kappa shape index (κ2) is 8.49. The van der Waals surface area contributed by atoms with Crippen molar-refractivity contribution in [2.75, 3.05) is 0 Å². The van der Waals surface area contributed by atoms with Crippen LogP contribution < -0.4 is 9.99 Å². The summed E-state index contributed by atoms with van der Waals surface area (Å²) in [5.41, 5.74) is 4.84. The Morgan fingerprint density at radius 3 is 2.88 bits per heavy atom. The van der Waals surface area contributed by atoms with Gasteiger partial charge in [0.05, 0.1) is 10.6 Å². The topological polar surface area (TPSA) is 88.5 Å². The van der Waals surface area contributed by atoms with Crippen molar-refractivity contribution < 1.29 is 14.3 Å². The third-order valence-electron chi connectivity index (χ3n) is 3.29. The quantitative estimate of drug-likeness (QED) is 0.379. The molecule has 0 bridgehead atoms. The standard InChI is InChI=1S/C18H18N4O3/c1-14-5-4-10-21(12-14)13-18(23)20-19-15(2)8-9-16-6-3-7-17(11-16)22(24)25/h3-12H,13H2,1-2H3/p+1/b9-8+,19-15+. The second-order valence-electron chi connectivity index (χ2n) is 5.53. The number of benzene rings is 1. The summed E-state index contributed by atoms with van der Waals surface area (Å²) in [5, 5.41) is 14.7. The number of carbonyl (C=O) groups excluding carboxylic acids is 1. The summed E-state index contributed by atoms with van der Waals surface area (Å²) in [6, 6.07) is 10.1. The number of carbonyl (C=O) groups is 1. The van der Waals surface area contributed by atoms with Gasteiger partial charge < -0.3 is 0 Å². The lowest BCUT2D eigenvalue weighted by Gasteiger charge is -1.99. The van der Waals surface area contributed by atoms with Crippen molar-refractivity contribution in [3.05, 3.63) is 76.1 Å². The van der Waals surface area contributed by atoms with Crippen molar-refractivity contribution in [1.29, 1.82) is 0 Å². The summed E-state index contributed by atoms with van der Waals surface area (Å²) in [4.78, 5) is 22.2. The molecule has 1 aromatic heterocycles. The molecule has 0 aliphatic carbocycles. The molecule has 2 aromatic rings. The molecule has 0 unspecified atom stereocenters. The molecule has 0 saturated carbocycles. The summed E-state index contributed by atoms with van der Waals surface area (Å²) in [7, 11) is 0. The Hall–Kier alpha value is -3.35. The van der Waals surface area contributed by atoms with E-state index in [1.165, 1.54) is 12.1 Å². The Labute approximate surface area is 145 Å². The number of nitro benzene ring substituents is 1. The van der Waals surface area contributed by atoms with Gasteiger partial charge in [0.1, 0.15) is 0 Å². The van der Waals surface area contributed by atoms with Crippen LogP contribution in [0.2, 0.25) is 0 Å². The van der Waals surface area contributed by atoms with Gasteiger partial charge in [-0.05, 0) is 31.6 Å². The lowest BCUT2D eigenvalue weighted by Crippen LogP contribution is -2.41. The predicted octanol–water partition coefficient (Wildman–Crippen LogP) is 2.40. The zero-order valence-electron chi connectivity index (χ0n) is 14.0. The summed E-state index contributed by atoms with van der Waals surface area (Å²) in [5.74, 6) is -0.237. The highest BCUT2D eigenvalue weighted by atomic mass is 16.6. The molecule has 0 atom stereocenters. The summed E-state index contributed by atoms with van der Waals surface area (Å²) < 4.78 is 1.77. The minimum atomic E-state index is -0.443. The maximum Gasteiger partial charge on any atom is 0.305 e. The number of hydrogen-bond acceptors (Lipinski definition) is 4. The van der Waals surface area contributed by atoms with Crippen LogP contribution in [0.25, 0.3) is 6.08 Å². The molecule has 2 rings (SSSR count). The van der Waals surface area contributed by atoms with Crippen molar-refractivity contribution in [3.63, 3.8) is 0 Å². The van der Waals surface area contributed by atoms with Crippen LogP contribution in [-0.2, 0) is 11.3 Å². The Bertz CT molecular complexity index is 844. The number of nitrogens with one attached hydrogen (secondary N) is 1. The number of nitro groups is 1. The third kappa shape index (κ3) is 5.98. The van der Waals surface area contributed by atoms with Gasteiger partial charge in [-0.15, -0.1) is 0 Å². The number of nitrogens with zero attached hydrogens (tertiary/aromatic N) is 3. The van der Waals surface area contributed by atoms with Crippen LogP contribution in [0.5, 0.6) is 0 Å². The highest BCUT2D eigenvalue weighted by molar-refractivity contribution is 5.96. The van der Waals surface area contributed by atoms with Crippen LogP contribution in [0.3, 0.4) is 0 Å². The van der Waals surface area contributed by atoms with E-state index in [9.17, 15) is 14.9 Å². The molecular formula is C18H19N4O3+. The number of rotatable bonds is 6. The van der Waals surface area contributed by atoms with E-state index >= 15 is 0 Å². The fourth-order valence-electron chi connectivity index (χ4n) is 2.10. The van der Waals surface area contributed by atoms with Crippen LogP contribution in [0.15, 0.2) is 60.0 Å². The third-order valence-corrected chi connectivity index (χ3v) is 3.29. The van der Waals surface area contributed by atoms with Crippen molar-refractivity contribution in [2.24, 2.45) is 5.10 Å². The molecule has 1 aromatic carbocycles. The molecule has 0 saturated heterocycles. The fraction of sp³-hybridized carbons (Fsp3) is 0.167. The molecule has 0 aliphatic heterocycles. The van der Waals surface area contributed by atoms with Crippen LogP contribution >= 0.6 is 0 Å². The highest BCUT2D eigenvalue weighted by Gasteiger charge is 2.08. The molecule has 0 aliphatic rings. The largest absolute Gasteiger partial charge is 0.305 e. The maximum absolute atomic E-state index is 11.9. The summed E-state index contributed by atoms with van der Waals surface area (Å²) in [6.07, 6.45) is 7.07. The van der Waals surface area contributed by atoms with Crippen molar-refractivity contribution >= 4 is 23.4 Å². The number of aromatic nitrogens is 1. The molecule has 0 radical (unpaired) electrons. The van der Waals surface area contributed by atoms with E-state index in [2.05, 4.69) is 10.5 Å². The Morgan fingerprint density at radius 1 is 1.36 bits per heavy atom. The number of aryl methyl sites for hydroxylation is 1. The molecule has 7 heteroatoms. The summed E-state index contributed by atoms with van der Waals surface area (Å²) in [6.45, 7) is 3.86. The minimum Gasteiger partial charge on any atom is -0.266 e. The van der Waals surface area contributed by atoms with Gasteiger partial charge in [0.2, 0.25) is 6.54 Å². The molecule has 0 fully saturated rings. The van der Waals surface area contributed by atoms with Crippen molar-refractivity contribution in [1.82, 2.24) is 5.43 Å². The van der Waals surface area contributed by atoms with Crippen LogP contribution in [0.1, 0.15) is 18.1 Å². The molecule has 128 valence electrons. The zero-order valence-corrected chi connectivity index (χ0v) is 14.0. The zero-order chi connectivity index (χ0) is 18.2. The first kappa shape index (κ1) is 18.0. The van der Waals surface area contributed by atoms with Gasteiger partial charge in [-0.1, -0.05) is 18.2 Å². The predicted molar refractivity (Wildman–Crippen MR) is 94.8 cm³/mol. The van der Waals surface area contributed by atoms with Gasteiger partial charge in [-0.2, -0.15) is 9.67 Å². The van der Waals surface area contributed by atoms with E-state index in [1.54, 1.807) is 35.8 Å². The number of allylic oxidation sites excluding steroid dienone is 1. The Balaban J connectivity index is 1.93. The Morgan fingerprint density at radius 2 is 2.16 bits per heavy atom. The highest BCUT2D eigenvalue weighted by Crippen LogP contribution is 2.14. The first-order valence-corrected chi connectivity index (χ1v) is 7.65. The molecular weight excluding hydrogens is 320 g/mol.